The van der Waals surface area contributed by atoms with Gasteiger partial charge in [0.1, 0.15) is 17.2 Å². The molecule has 0 aromatic heterocycles. The lowest BCUT2D eigenvalue weighted by molar-refractivity contribution is 0.0704. The van der Waals surface area contributed by atoms with Gasteiger partial charge in [0, 0.05) is 6.04 Å². The fraction of sp³-hybridized carbons (Fsp3) is 0.429. The topological polar surface area (TPSA) is 46.3 Å². The molecule has 2 rings (SSSR count). The van der Waals surface area contributed by atoms with E-state index in [9.17, 15) is 13.6 Å². The van der Waals surface area contributed by atoms with Crippen molar-refractivity contribution in [2.75, 3.05) is 6.54 Å². The quantitative estimate of drug-likeness (QED) is 0.869. The lowest BCUT2D eigenvalue weighted by Crippen LogP contribution is -2.44. The number of hydrogen-bond acceptors (Lipinski definition) is 2. The highest BCUT2D eigenvalue weighted by molar-refractivity contribution is 7.80. The number of hydrogen-bond donors (Lipinski definition) is 1. The van der Waals surface area contributed by atoms with E-state index in [1.54, 1.807) is 0 Å². The van der Waals surface area contributed by atoms with Crippen LogP contribution in [0.4, 0.5) is 8.78 Å². The van der Waals surface area contributed by atoms with Crippen LogP contribution in [-0.4, -0.2) is 28.4 Å². The van der Waals surface area contributed by atoms with Gasteiger partial charge < -0.3 is 10.6 Å². The fourth-order valence-electron chi connectivity index (χ4n) is 2.60. The van der Waals surface area contributed by atoms with Crippen molar-refractivity contribution < 1.29 is 13.6 Å². The third-order valence-electron chi connectivity index (χ3n) is 3.53. The predicted octanol–water partition coefficient (Wildman–Crippen LogP) is 2.64. The summed E-state index contributed by atoms with van der Waals surface area (Å²) in [6.45, 7) is 0.0482. The first-order chi connectivity index (χ1) is 9.50. The second-order valence-electron chi connectivity index (χ2n) is 4.93. The maximum atomic E-state index is 13.7. The Balaban J connectivity index is 2.32. The molecule has 108 valence electrons. The molecule has 1 fully saturated rings. The van der Waals surface area contributed by atoms with Crippen LogP contribution in [-0.2, 0) is 0 Å². The first-order valence-corrected chi connectivity index (χ1v) is 6.95. The monoisotopic (exact) mass is 298 g/mol. The molecule has 0 spiro atoms. The van der Waals surface area contributed by atoms with Crippen LogP contribution in [0.1, 0.15) is 36.0 Å². The number of halogens is 2. The fourth-order valence-corrected chi connectivity index (χ4v) is 2.74. The van der Waals surface area contributed by atoms with Crippen LogP contribution in [0.15, 0.2) is 18.2 Å². The SMILES string of the molecule is NC(=S)CN(C(=O)c1c(F)cccc1F)C1CCCC1. The van der Waals surface area contributed by atoms with Crippen molar-refractivity contribution >= 4 is 23.1 Å². The zero-order valence-corrected chi connectivity index (χ0v) is 11.8. The van der Waals surface area contributed by atoms with E-state index in [0.717, 1.165) is 37.8 Å². The Kier molecular flexibility index (Phi) is 4.65. The third kappa shape index (κ3) is 3.12. The first-order valence-electron chi connectivity index (χ1n) is 6.54. The molecule has 6 heteroatoms. The van der Waals surface area contributed by atoms with Crippen molar-refractivity contribution in [2.24, 2.45) is 5.73 Å². The van der Waals surface area contributed by atoms with Crippen LogP contribution in [0, 0.1) is 11.6 Å². The first kappa shape index (κ1) is 14.8. The van der Waals surface area contributed by atoms with E-state index in [4.69, 9.17) is 18.0 Å². The number of benzene rings is 1. The number of carbonyl (C=O) groups excluding carboxylic acids is 1. The summed E-state index contributed by atoms with van der Waals surface area (Å²) in [5.41, 5.74) is 4.97. The van der Waals surface area contributed by atoms with Crippen molar-refractivity contribution in [3.05, 3.63) is 35.4 Å². The Labute approximate surface area is 121 Å². The molecule has 1 aromatic rings. The van der Waals surface area contributed by atoms with Gasteiger partial charge in [0.25, 0.3) is 5.91 Å². The van der Waals surface area contributed by atoms with Gasteiger partial charge in [0.15, 0.2) is 0 Å². The van der Waals surface area contributed by atoms with Crippen LogP contribution >= 0.6 is 12.2 Å². The summed E-state index contributed by atoms with van der Waals surface area (Å²) in [4.78, 5) is 14.0. The Morgan fingerprint density at radius 3 is 2.35 bits per heavy atom. The molecule has 0 aliphatic heterocycles. The van der Waals surface area contributed by atoms with E-state index in [1.807, 2.05) is 0 Å². The zero-order chi connectivity index (χ0) is 14.7. The molecule has 1 aliphatic rings. The van der Waals surface area contributed by atoms with Crippen molar-refractivity contribution in [1.29, 1.82) is 0 Å². The smallest absolute Gasteiger partial charge is 0.260 e. The molecule has 1 amide bonds. The Bertz CT molecular complexity index is 510. The van der Waals surface area contributed by atoms with Crippen LogP contribution in [0.2, 0.25) is 0 Å². The maximum Gasteiger partial charge on any atom is 0.260 e. The molecule has 3 nitrogen and oxygen atoms in total. The minimum atomic E-state index is -0.860. The van der Waals surface area contributed by atoms with E-state index >= 15 is 0 Å². The molecule has 20 heavy (non-hydrogen) atoms. The Hall–Kier alpha value is -1.56. The summed E-state index contributed by atoms with van der Waals surface area (Å²) in [5, 5.41) is 0. The van der Waals surface area contributed by atoms with Gasteiger partial charge in [0.05, 0.1) is 11.5 Å². The average molecular weight is 298 g/mol. The molecular formula is C14H16F2N2OS. The van der Waals surface area contributed by atoms with Crippen molar-refractivity contribution in [3.8, 4) is 0 Å². The van der Waals surface area contributed by atoms with Gasteiger partial charge in [-0.05, 0) is 25.0 Å². The number of nitrogens with zero attached hydrogens (tertiary/aromatic N) is 1. The highest BCUT2D eigenvalue weighted by Crippen LogP contribution is 2.26. The minimum absolute atomic E-state index is 0.0482. The van der Waals surface area contributed by atoms with Gasteiger partial charge in [-0.3, -0.25) is 4.79 Å². The molecule has 0 atom stereocenters. The Morgan fingerprint density at radius 1 is 1.30 bits per heavy atom. The van der Waals surface area contributed by atoms with E-state index in [2.05, 4.69) is 0 Å². The largest absolute Gasteiger partial charge is 0.392 e. The van der Waals surface area contributed by atoms with Crippen LogP contribution in [0.25, 0.3) is 0 Å². The Morgan fingerprint density at radius 2 is 1.85 bits per heavy atom. The number of rotatable bonds is 4. The molecule has 1 saturated carbocycles. The lowest BCUT2D eigenvalue weighted by atomic mass is 10.1. The summed E-state index contributed by atoms with van der Waals surface area (Å²) in [6, 6.07) is 3.32. The van der Waals surface area contributed by atoms with Gasteiger partial charge in [-0.1, -0.05) is 31.1 Å². The molecule has 0 unspecified atom stereocenters. The molecule has 0 heterocycles. The molecule has 1 aliphatic carbocycles. The zero-order valence-electron chi connectivity index (χ0n) is 10.9. The van der Waals surface area contributed by atoms with Gasteiger partial charge in [0.2, 0.25) is 0 Å². The molecular weight excluding hydrogens is 282 g/mol. The third-order valence-corrected chi connectivity index (χ3v) is 3.66. The average Bonchev–Trinajstić information content (AvgIpc) is 2.88. The van der Waals surface area contributed by atoms with Crippen molar-refractivity contribution in [3.63, 3.8) is 0 Å². The summed E-state index contributed by atoms with van der Waals surface area (Å²) in [7, 11) is 0. The van der Waals surface area contributed by atoms with Crippen LogP contribution < -0.4 is 5.73 Å². The van der Waals surface area contributed by atoms with Gasteiger partial charge in [-0.15, -0.1) is 0 Å². The summed E-state index contributed by atoms with van der Waals surface area (Å²) in [5.74, 6) is -2.40. The van der Waals surface area contributed by atoms with Crippen LogP contribution in [0.5, 0.6) is 0 Å². The number of nitrogens with two attached hydrogens (primary N) is 1. The highest BCUT2D eigenvalue weighted by Gasteiger charge is 2.30. The van der Waals surface area contributed by atoms with Gasteiger partial charge >= 0.3 is 0 Å². The maximum absolute atomic E-state index is 13.7. The van der Waals surface area contributed by atoms with Crippen molar-refractivity contribution in [1.82, 2.24) is 4.90 Å². The second kappa shape index (κ2) is 6.26. The standard InChI is InChI=1S/C14H16F2N2OS/c15-10-6-3-7-11(16)13(10)14(19)18(8-12(17)20)9-4-1-2-5-9/h3,6-7,9H,1-2,4-5,8H2,(H2,17,20). The van der Waals surface area contributed by atoms with E-state index in [0.29, 0.717) is 0 Å². The predicted molar refractivity (Wildman–Crippen MR) is 76.4 cm³/mol. The van der Waals surface area contributed by atoms with Crippen LogP contribution in [0.3, 0.4) is 0 Å². The second-order valence-corrected chi connectivity index (χ2v) is 5.46. The van der Waals surface area contributed by atoms with Crippen molar-refractivity contribution in [2.45, 2.75) is 31.7 Å². The minimum Gasteiger partial charge on any atom is -0.392 e. The molecule has 2 N–H and O–H groups in total. The lowest BCUT2D eigenvalue weighted by Gasteiger charge is -2.28. The molecule has 0 saturated heterocycles. The summed E-state index contributed by atoms with van der Waals surface area (Å²) >= 11 is 4.84. The normalized spacial score (nSPS) is 15.3. The molecule has 1 aromatic carbocycles. The molecule has 0 radical (unpaired) electrons. The number of carbonyl (C=O) groups is 1. The summed E-state index contributed by atoms with van der Waals surface area (Å²) in [6.07, 6.45) is 3.60. The van der Waals surface area contributed by atoms with Gasteiger partial charge in [-0.25, -0.2) is 8.78 Å². The number of thiocarbonyl (C=S) groups is 1. The highest BCUT2D eigenvalue weighted by atomic mass is 32.1. The van der Waals surface area contributed by atoms with Gasteiger partial charge in [-0.2, -0.15) is 0 Å². The van der Waals surface area contributed by atoms with E-state index in [-0.39, 0.29) is 17.6 Å². The van der Waals surface area contributed by atoms with E-state index in [1.165, 1.54) is 11.0 Å². The summed E-state index contributed by atoms with van der Waals surface area (Å²) < 4.78 is 27.5. The van der Waals surface area contributed by atoms with E-state index < -0.39 is 23.1 Å². The number of amides is 1. The molecule has 0 bridgehead atoms.